The van der Waals surface area contributed by atoms with Gasteiger partial charge in [0.2, 0.25) is 11.8 Å². The van der Waals surface area contributed by atoms with Crippen LogP contribution in [0.1, 0.15) is 82.5 Å². The summed E-state index contributed by atoms with van der Waals surface area (Å²) < 4.78 is 17.6. The van der Waals surface area contributed by atoms with Crippen molar-refractivity contribution in [3.63, 3.8) is 0 Å². The van der Waals surface area contributed by atoms with Gasteiger partial charge in [-0.25, -0.2) is 14.4 Å². The van der Waals surface area contributed by atoms with Gasteiger partial charge in [0.1, 0.15) is 29.0 Å². The Bertz CT molecular complexity index is 2260. The highest BCUT2D eigenvalue weighted by Gasteiger charge is 2.40. The zero-order valence-electron chi connectivity index (χ0n) is 33.9. The lowest BCUT2D eigenvalue weighted by atomic mass is 10.0. The number of hydrogen-bond acceptors (Lipinski definition) is 11. The predicted molar refractivity (Wildman–Crippen MR) is 220 cm³/mol. The van der Waals surface area contributed by atoms with Crippen LogP contribution in [0, 0.1) is 5.82 Å². The normalized spacial score (nSPS) is 20.8. The third-order valence-electron chi connectivity index (χ3n) is 12.9. The number of halogens is 1. The number of aromatic nitrogens is 4. The molecule has 4 amide bonds. The second-order valence-electron chi connectivity index (χ2n) is 16.8. The van der Waals surface area contributed by atoms with E-state index in [0.717, 1.165) is 100 Å². The first-order valence-electron chi connectivity index (χ1n) is 21.0. The average Bonchev–Trinajstić information content (AvgIpc) is 3.98. The number of hydrogen-bond donors (Lipinski definition) is 1. The summed E-state index contributed by atoms with van der Waals surface area (Å²) in [6, 6.07) is 8.78. The molecule has 9 rings (SSSR count). The van der Waals surface area contributed by atoms with Gasteiger partial charge in [-0.2, -0.15) is 0 Å². The molecular weight excluding hydrogens is 754 g/mol. The molecule has 59 heavy (non-hydrogen) atoms. The highest BCUT2D eigenvalue weighted by molar-refractivity contribution is 6.05. The molecule has 1 N–H and O–H groups in total. The standard InChI is InChI=1S/C43H52FN11O4/c1-49(2)43(59)37-21-28-25-46-38(47-40(28)55(37)31-5-3-4-6-31)23-30-7-8-32(26-45-30)52-17-13-50(14-18-52)11-12-51-15-19-53(20-16-51)36-22-29-27-54(42(58)33(29)24-34(36)44)35-9-10-39(56)48-41(35)57/h7-8,21-22,24-26,31,35H,3-6,9-20,23,27H2,1-2H3,(H,48,56,57). The molecular formula is C43H52FN11O4. The molecule has 4 aromatic rings. The second kappa shape index (κ2) is 16.3. The maximum absolute atomic E-state index is 15.4. The number of imide groups is 1. The molecule has 1 atom stereocenters. The summed E-state index contributed by atoms with van der Waals surface area (Å²) in [6.07, 6.45) is 9.19. The molecule has 0 spiro atoms. The number of amides is 4. The van der Waals surface area contributed by atoms with Crippen LogP contribution in [-0.2, 0) is 22.6 Å². The first-order valence-corrected chi connectivity index (χ1v) is 21.0. The van der Waals surface area contributed by atoms with Crippen LogP contribution in [0.3, 0.4) is 0 Å². The van der Waals surface area contributed by atoms with Crippen LogP contribution in [0.4, 0.5) is 15.8 Å². The van der Waals surface area contributed by atoms with Crippen LogP contribution in [0.25, 0.3) is 11.0 Å². The van der Waals surface area contributed by atoms with Gasteiger partial charge in [-0.1, -0.05) is 12.8 Å². The number of carbonyl (C=O) groups excluding carboxylic acids is 4. The second-order valence-corrected chi connectivity index (χ2v) is 16.8. The summed E-state index contributed by atoms with van der Waals surface area (Å²) in [7, 11) is 3.57. The molecule has 3 aromatic heterocycles. The topological polar surface area (TPSA) is 143 Å². The lowest BCUT2D eigenvalue weighted by Gasteiger charge is -2.39. The summed E-state index contributed by atoms with van der Waals surface area (Å²) in [5.74, 6) is -0.910. The van der Waals surface area contributed by atoms with Crippen molar-refractivity contribution in [3.05, 3.63) is 76.9 Å². The fraction of sp³-hybridized carbons (Fsp3) is 0.512. The van der Waals surface area contributed by atoms with Crippen molar-refractivity contribution >= 4 is 46.0 Å². The van der Waals surface area contributed by atoms with E-state index in [-0.39, 0.29) is 43.1 Å². The van der Waals surface area contributed by atoms with Gasteiger partial charge in [0.25, 0.3) is 11.8 Å². The van der Waals surface area contributed by atoms with Crippen LogP contribution in [0.2, 0.25) is 0 Å². The first-order chi connectivity index (χ1) is 28.6. The van der Waals surface area contributed by atoms with E-state index in [0.29, 0.717) is 47.8 Å². The van der Waals surface area contributed by atoms with Gasteiger partial charge >= 0.3 is 0 Å². The maximum atomic E-state index is 15.4. The summed E-state index contributed by atoms with van der Waals surface area (Å²) >= 11 is 0. The quantitative estimate of drug-likeness (QED) is 0.237. The fourth-order valence-electron chi connectivity index (χ4n) is 9.47. The molecule has 1 unspecified atom stereocenters. The van der Waals surface area contributed by atoms with E-state index >= 15 is 4.39 Å². The molecule has 0 bridgehead atoms. The Labute approximate surface area is 343 Å². The van der Waals surface area contributed by atoms with Crippen LogP contribution < -0.4 is 15.1 Å². The fourth-order valence-corrected chi connectivity index (χ4v) is 9.47. The number of pyridine rings is 1. The Morgan fingerprint density at radius 1 is 0.864 bits per heavy atom. The maximum Gasteiger partial charge on any atom is 0.270 e. The molecule has 5 aliphatic rings. The molecule has 7 heterocycles. The zero-order valence-corrected chi connectivity index (χ0v) is 33.9. The first kappa shape index (κ1) is 39.0. The largest absolute Gasteiger partial charge is 0.368 e. The molecule has 310 valence electrons. The van der Waals surface area contributed by atoms with Crippen LogP contribution in [0.5, 0.6) is 0 Å². The van der Waals surface area contributed by atoms with E-state index in [1.807, 2.05) is 18.5 Å². The minimum atomic E-state index is -0.721. The highest BCUT2D eigenvalue weighted by atomic mass is 19.1. The molecule has 1 aromatic carbocycles. The number of benzene rings is 1. The van der Waals surface area contributed by atoms with E-state index in [1.54, 1.807) is 25.1 Å². The molecule has 1 saturated carbocycles. The number of carbonyl (C=O) groups is 4. The number of nitrogens with one attached hydrogen (secondary N) is 1. The van der Waals surface area contributed by atoms with Gasteiger partial charge < -0.3 is 24.2 Å². The third-order valence-corrected chi connectivity index (χ3v) is 12.9. The number of nitrogens with zero attached hydrogens (tertiary/aromatic N) is 10. The number of anilines is 2. The monoisotopic (exact) mass is 805 g/mol. The Kier molecular flexibility index (Phi) is 10.8. The molecule has 16 heteroatoms. The predicted octanol–water partition coefficient (Wildman–Crippen LogP) is 3.08. The van der Waals surface area contributed by atoms with Crippen molar-refractivity contribution in [1.29, 1.82) is 0 Å². The van der Waals surface area contributed by atoms with E-state index in [4.69, 9.17) is 9.97 Å². The zero-order chi connectivity index (χ0) is 40.8. The van der Waals surface area contributed by atoms with E-state index < -0.39 is 17.8 Å². The Morgan fingerprint density at radius 3 is 2.24 bits per heavy atom. The van der Waals surface area contributed by atoms with Crippen LogP contribution >= 0.6 is 0 Å². The van der Waals surface area contributed by atoms with Crippen LogP contribution in [-0.4, -0.2) is 148 Å². The minimum absolute atomic E-state index is 0.0130. The van der Waals surface area contributed by atoms with Crippen molar-refractivity contribution in [2.24, 2.45) is 0 Å². The van der Waals surface area contributed by atoms with Crippen LogP contribution in [0.15, 0.2) is 42.7 Å². The molecule has 0 radical (unpaired) electrons. The molecule has 4 fully saturated rings. The lowest BCUT2D eigenvalue weighted by molar-refractivity contribution is -0.136. The Hall–Kier alpha value is -5.48. The van der Waals surface area contributed by atoms with Gasteiger partial charge in [-0.3, -0.25) is 39.3 Å². The number of rotatable bonds is 10. The third kappa shape index (κ3) is 7.87. The summed E-state index contributed by atoms with van der Waals surface area (Å²) in [4.78, 5) is 77.2. The summed E-state index contributed by atoms with van der Waals surface area (Å²) in [5, 5.41) is 3.21. The van der Waals surface area contributed by atoms with Gasteiger partial charge in [0, 0.05) is 121 Å². The number of piperidine rings is 1. The Balaban J connectivity index is 0.742. The number of piperazine rings is 2. The van der Waals surface area contributed by atoms with Crippen molar-refractivity contribution in [2.45, 2.75) is 63.6 Å². The number of fused-ring (bicyclic) bond motifs is 2. The van der Waals surface area contributed by atoms with E-state index in [2.05, 4.69) is 46.6 Å². The molecule has 4 aliphatic heterocycles. The lowest BCUT2D eigenvalue weighted by Crippen LogP contribution is -2.52. The molecule has 1 aliphatic carbocycles. The van der Waals surface area contributed by atoms with Gasteiger partial charge in [0.15, 0.2) is 0 Å². The highest BCUT2D eigenvalue weighted by Crippen LogP contribution is 2.35. The van der Waals surface area contributed by atoms with Gasteiger partial charge in [-0.15, -0.1) is 0 Å². The minimum Gasteiger partial charge on any atom is -0.368 e. The summed E-state index contributed by atoms with van der Waals surface area (Å²) in [5.41, 5.74) is 5.02. The smallest absolute Gasteiger partial charge is 0.270 e. The Morgan fingerprint density at radius 2 is 1.58 bits per heavy atom. The molecule has 3 saturated heterocycles. The van der Waals surface area contributed by atoms with Gasteiger partial charge in [0.05, 0.1) is 24.0 Å². The van der Waals surface area contributed by atoms with Crippen molar-refractivity contribution in [3.8, 4) is 0 Å². The van der Waals surface area contributed by atoms with Crippen molar-refractivity contribution in [1.82, 2.24) is 44.4 Å². The average molecular weight is 806 g/mol. The molecule has 15 nitrogen and oxygen atoms in total. The van der Waals surface area contributed by atoms with Crippen molar-refractivity contribution < 1.29 is 23.6 Å². The summed E-state index contributed by atoms with van der Waals surface area (Å²) in [6.45, 7) is 8.91. The van der Waals surface area contributed by atoms with Gasteiger partial charge in [-0.05, 0) is 55.2 Å². The van der Waals surface area contributed by atoms with Crippen molar-refractivity contribution in [2.75, 3.05) is 89.3 Å². The SMILES string of the molecule is CN(C)C(=O)c1cc2cnc(Cc3ccc(N4CCN(CCN5CCN(c6cc7c(cc6F)C(=O)N(C6CCC(=O)NC6=O)C7)CC5)CC4)cn3)nc2n1C1CCCC1. The van der Waals surface area contributed by atoms with E-state index in [9.17, 15) is 19.2 Å². The van der Waals surface area contributed by atoms with E-state index in [1.165, 1.54) is 11.0 Å².